The Morgan fingerprint density at radius 2 is 1.03 bits per heavy atom. The number of hydrogen-bond donors (Lipinski definition) is 0. The molecule has 1 nitrogen and oxygen atoms in total. The van der Waals surface area contributed by atoms with E-state index in [0.717, 1.165) is 6.42 Å². The van der Waals surface area contributed by atoms with E-state index in [0.29, 0.717) is 0 Å². The maximum atomic E-state index is 2.38. The van der Waals surface area contributed by atoms with Crippen molar-refractivity contribution in [3.05, 3.63) is 139 Å². The minimum Gasteiger partial charge on any atom is -0.309 e. The van der Waals surface area contributed by atoms with Crippen LogP contribution in [0, 0.1) is 0 Å². The molecule has 152 valence electrons. The molecule has 0 spiro atoms. The standard InChI is InChI=1S/C31H23N/c1-3-9-25(10-4-1)26-18-15-23(16-19-26)21-24-17-20-29-28-13-7-8-14-30(28)32(31(29)22-24)27-11-5-2-6-12-27/h1-20,22H,21H2. The molecule has 0 radical (unpaired) electrons. The third-order valence-electron chi connectivity index (χ3n) is 6.22. The van der Waals surface area contributed by atoms with Crippen LogP contribution in [0.5, 0.6) is 0 Å². The van der Waals surface area contributed by atoms with Gasteiger partial charge in [-0.05, 0) is 52.9 Å². The van der Waals surface area contributed by atoms with Gasteiger partial charge in [0, 0.05) is 16.5 Å². The highest BCUT2D eigenvalue weighted by Gasteiger charge is 2.12. The number of para-hydroxylation sites is 2. The molecule has 0 saturated carbocycles. The molecule has 0 aliphatic carbocycles. The lowest BCUT2D eigenvalue weighted by Crippen LogP contribution is -1.94. The van der Waals surface area contributed by atoms with Crippen LogP contribution < -0.4 is 0 Å². The second kappa shape index (κ2) is 7.86. The van der Waals surface area contributed by atoms with E-state index in [4.69, 9.17) is 0 Å². The van der Waals surface area contributed by atoms with Crippen molar-refractivity contribution in [2.75, 3.05) is 0 Å². The van der Waals surface area contributed by atoms with Gasteiger partial charge in [-0.3, -0.25) is 0 Å². The quantitative estimate of drug-likeness (QED) is 0.278. The zero-order valence-corrected chi connectivity index (χ0v) is 17.8. The molecule has 0 amide bonds. The molecule has 6 rings (SSSR count). The van der Waals surface area contributed by atoms with Crippen molar-refractivity contribution in [3.8, 4) is 16.8 Å². The van der Waals surface area contributed by atoms with E-state index in [1.165, 1.54) is 49.7 Å². The fraction of sp³-hybridized carbons (Fsp3) is 0.0323. The number of hydrogen-bond acceptors (Lipinski definition) is 0. The predicted molar refractivity (Wildman–Crippen MR) is 135 cm³/mol. The maximum absolute atomic E-state index is 2.38. The smallest absolute Gasteiger partial charge is 0.0543 e. The first-order valence-corrected chi connectivity index (χ1v) is 11.1. The van der Waals surface area contributed by atoms with Crippen LogP contribution in [0.15, 0.2) is 127 Å². The minimum absolute atomic E-state index is 0.918. The Kier molecular flexibility index (Phi) is 4.58. The number of aromatic nitrogens is 1. The molecule has 0 aliphatic rings. The second-order valence-electron chi connectivity index (χ2n) is 8.28. The van der Waals surface area contributed by atoms with Crippen LogP contribution >= 0.6 is 0 Å². The summed E-state index contributed by atoms with van der Waals surface area (Å²) in [5.74, 6) is 0. The van der Waals surface area contributed by atoms with E-state index in [1.807, 2.05) is 0 Å². The summed E-state index contributed by atoms with van der Waals surface area (Å²) in [5.41, 5.74) is 8.87. The lowest BCUT2D eigenvalue weighted by Gasteiger charge is -2.09. The Hall–Kier alpha value is -4.10. The molecule has 6 aromatic rings. The van der Waals surface area contributed by atoms with Crippen molar-refractivity contribution < 1.29 is 0 Å². The third-order valence-corrected chi connectivity index (χ3v) is 6.22. The number of rotatable bonds is 4. The van der Waals surface area contributed by atoms with Gasteiger partial charge >= 0.3 is 0 Å². The van der Waals surface area contributed by atoms with Crippen LogP contribution in [0.4, 0.5) is 0 Å². The highest BCUT2D eigenvalue weighted by atomic mass is 15.0. The average molecular weight is 410 g/mol. The summed E-state index contributed by atoms with van der Waals surface area (Å²) >= 11 is 0. The SMILES string of the molecule is c1ccc(-c2ccc(Cc3ccc4c5ccccc5n(-c5ccccc5)c4c3)cc2)cc1. The number of fused-ring (bicyclic) bond motifs is 3. The fourth-order valence-electron chi connectivity index (χ4n) is 4.66. The lowest BCUT2D eigenvalue weighted by molar-refractivity contribution is 1.16. The molecule has 0 bridgehead atoms. The van der Waals surface area contributed by atoms with E-state index >= 15 is 0 Å². The second-order valence-corrected chi connectivity index (χ2v) is 8.28. The molecule has 5 aromatic carbocycles. The van der Waals surface area contributed by atoms with Crippen LogP contribution in [0.2, 0.25) is 0 Å². The fourth-order valence-corrected chi connectivity index (χ4v) is 4.66. The topological polar surface area (TPSA) is 4.93 Å². The zero-order chi connectivity index (χ0) is 21.3. The molecule has 0 unspecified atom stereocenters. The molecule has 1 aromatic heterocycles. The van der Waals surface area contributed by atoms with Crippen molar-refractivity contribution in [2.45, 2.75) is 6.42 Å². The van der Waals surface area contributed by atoms with Gasteiger partial charge in [0.1, 0.15) is 0 Å². The van der Waals surface area contributed by atoms with Gasteiger partial charge < -0.3 is 4.57 Å². The Morgan fingerprint density at radius 1 is 0.438 bits per heavy atom. The van der Waals surface area contributed by atoms with Gasteiger partial charge in [0.05, 0.1) is 11.0 Å². The number of nitrogens with zero attached hydrogens (tertiary/aromatic N) is 1. The highest BCUT2D eigenvalue weighted by molar-refractivity contribution is 6.09. The van der Waals surface area contributed by atoms with Gasteiger partial charge in [0.2, 0.25) is 0 Å². The van der Waals surface area contributed by atoms with Gasteiger partial charge in [-0.2, -0.15) is 0 Å². The van der Waals surface area contributed by atoms with Crippen molar-refractivity contribution in [2.24, 2.45) is 0 Å². The minimum atomic E-state index is 0.918. The molecule has 1 heteroatoms. The van der Waals surface area contributed by atoms with Gasteiger partial charge in [-0.25, -0.2) is 0 Å². The molecular formula is C31H23N. The third kappa shape index (κ3) is 3.29. The van der Waals surface area contributed by atoms with Gasteiger partial charge in [-0.15, -0.1) is 0 Å². The molecule has 0 saturated heterocycles. The Labute approximate surface area is 188 Å². The molecule has 0 atom stereocenters. The summed E-state index contributed by atoms with van der Waals surface area (Å²) in [5, 5.41) is 2.60. The summed E-state index contributed by atoms with van der Waals surface area (Å²) in [7, 11) is 0. The van der Waals surface area contributed by atoms with Crippen molar-refractivity contribution in [1.29, 1.82) is 0 Å². The van der Waals surface area contributed by atoms with Crippen LogP contribution in [-0.4, -0.2) is 4.57 Å². The summed E-state index contributed by atoms with van der Waals surface area (Å²) in [6, 6.07) is 45.7. The van der Waals surface area contributed by atoms with E-state index < -0.39 is 0 Å². The monoisotopic (exact) mass is 409 g/mol. The highest BCUT2D eigenvalue weighted by Crippen LogP contribution is 2.33. The van der Waals surface area contributed by atoms with E-state index in [1.54, 1.807) is 0 Å². The lowest BCUT2D eigenvalue weighted by atomic mass is 9.99. The van der Waals surface area contributed by atoms with Crippen LogP contribution in [0.1, 0.15) is 11.1 Å². The van der Waals surface area contributed by atoms with E-state index in [-0.39, 0.29) is 0 Å². The molecule has 0 aliphatic heterocycles. The van der Waals surface area contributed by atoms with Gasteiger partial charge in [0.25, 0.3) is 0 Å². The van der Waals surface area contributed by atoms with Crippen molar-refractivity contribution in [1.82, 2.24) is 4.57 Å². The molecule has 0 N–H and O–H groups in total. The van der Waals surface area contributed by atoms with Crippen LogP contribution in [0.25, 0.3) is 38.6 Å². The molecule has 1 heterocycles. The van der Waals surface area contributed by atoms with Crippen molar-refractivity contribution >= 4 is 21.8 Å². The summed E-state index contributed by atoms with van der Waals surface area (Å²) < 4.78 is 2.38. The Morgan fingerprint density at radius 3 is 1.81 bits per heavy atom. The Bertz CT molecular complexity index is 1510. The largest absolute Gasteiger partial charge is 0.309 e. The first-order valence-electron chi connectivity index (χ1n) is 11.1. The van der Waals surface area contributed by atoms with Gasteiger partial charge in [-0.1, -0.05) is 103 Å². The first kappa shape index (κ1) is 18.7. The van der Waals surface area contributed by atoms with Gasteiger partial charge in [0.15, 0.2) is 0 Å². The zero-order valence-electron chi connectivity index (χ0n) is 17.8. The van der Waals surface area contributed by atoms with E-state index in [2.05, 4.69) is 132 Å². The first-order chi connectivity index (χ1) is 15.9. The van der Waals surface area contributed by atoms with Crippen LogP contribution in [0.3, 0.4) is 0 Å². The molecular weight excluding hydrogens is 386 g/mol. The molecule has 32 heavy (non-hydrogen) atoms. The predicted octanol–water partition coefficient (Wildman–Crippen LogP) is 8.04. The molecule has 0 fully saturated rings. The summed E-state index contributed by atoms with van der Waals surface area (Å²) in [6.45, 7) is 0. The summed E-state index contributed by atoms with van der Waals surface area (Å²) in [4.78, 5) is 0. The normalized spacial score (nSPS) is 11.2. The summed E-state index contributed by atoms with van der Waals surface area (Å²) in [6.07, 6.45) is 0.918. The van der Waals surface area contributed by atoms with Crippen LogP contribution in [-0.2, 0) is 6.42 Å². The van der Waals surface area contributed by atoms with Crippen molar-refractivity contribution in [3.63, 3.8) is 0 Å². The van der Waals surface area contributed by atoms with E-state index in [9.17, 15) is 0 Å². The maximum Gasteiger partial charge on any atom is 0.0543 e. The Balaban J connectivity index is 1.41. The average Bonchev–Trinajstić information content (AvgIpc) is 3.19. The number of benzene rings is 5.